The van der Waals surface area contributed by atoms with Crippen LogP contribution in [0.3, 0.4) is 0 Å². The Morgan fingerprint density at radius 2 is 1.88 bits per heavy atom. The highest BCUT2D eigenvalue weighted by atomic mass is 16.6. The highest BCUT2D eigenvalue weighted by molar-refractivity contribution is 5.99. The van der Waals surface area contributed by atoms with Gasteiger partial charge in [-0.2, -0.15) is 5.10 Å². The van der Waals surface area contributed by atoms with Crippen molar-refractivity contribution in [2.75, 3.05) is 6.61 Å². The zero-order valence-corrected chi connectivity index (χ0v) is 13.4. The van der Waals surface area contributed by atoms with E-state index in [1.807, 2.05) is 31.2 Å². The van der Waals surface area contributed by atoms with E-state index < -0.39 is 10.8 Å². The van der Waals surface area contributed by atoms with Crippen LogP contribution < -0.4 is 10.2 Å². The summed E-state index contributed by atoms with van der Waals surface area (Å²) in [6, 6.07) is 13.6. The molecule has 0 heterocycles. The maximum Gasteiger partial charge on any atom is 0.310 e. The topological polar surface area (TPSA) is 93.8 Å². The number of hydrogen-bond acceptors (Lipinski definition) is 5. The third-order valence-corrected chi connectivity index (χ3v) is 3.24. The number of nitrogens with zero attached hydrogens (tertiary/aromatic N) is 2. The molecule has 0 aromatic heterocycles. The van der Waals surface area contributed by atoms with E-state index in [-0.39, 0.29) is 18.0 Å². The molecule has 1 amide bonds. The molecule has 0 aliphatic carbocycles. The highest BCUT2D eigenvalue weighted by Crippen LogP contribution is 2.25. The number of hydrogen-bond donors (Lipinski definition) is 1. The third kappa shape index (κ3) is 4.64. The Morgan fingerprint density at radius 3 is 2.54 bits per heavy atom. The number of para-hydroxylation sites is 2. The molecule has 0 saturated heterocycles. The Balaban J connectivity index is 1.93. The van der Waals surface area contributed by atoms with Crippen molar-refractivity contribution in [2.24, 2.45) is 5.10 Å². The number of ether oxygens (including phenoxy) is 1. The molecule has 2 aromatic carbocycles. The van der Waals surface area contributed by atoms with Gasteiger partial charge in [0.15, 0.2) is 12.4 Å². The van der Waals surface area contributed by atoms with E-state index in [1.165, 1.54) is 18.2 Å². The van der Waals surface area contributed by atoms with Crippen molar-refractivity contribution in [1.29, 1.82) is 0 Å². The largest absolute Gasteiger partial charge is 0.477 e. The fourth-order valence-corrected chi connectivity index (χ4v) is 1.91. The van der Waals surface area contributed by atoms with E-state index >= 15 is 0 Å². The quantitative estimate of drug-likeness (QED) is 0.501. The number of nitro groups is 1. The van der Waals surface area contributed by atoms with Gasteiger partial charge >= 0.3 is 5.69 Å². The molecular weight excluding hydrogens is 310 g/mol. The van der Waals surface area contributed by atoms with Gasteiger partial charge in [0.05, 0.1) is 10.6 Å². The van der Waals surface area contributed by atoms with Crippen LogP contribution in [0, 0.1) is 17.0 Å². The maximum atomic E-state index is 11.8. The average molecular weight is 327 g/mol. The van der Waals surface area contributed by atoms with Gasteiger partial charge in [0.1, 0.15) is 0 Å². The van der Waals surface area contributed by atoms with Gasteiger partial charge in [0, 0.05) is 6.07 Å². The molecular formula is C17H17N3O4. The van der Waals surface area contributed by atoms with Crippen LogP contribution in [0.2, 0.25) is 0 Å². The van der Waals surface area contributed by atoms with Crippen LogP contribution in [-0.4, -0.2) is 23.1 Å². The van der Waals surface area contributed by atoms with Crippen molar-refractivity contribution in [3.8, 4) is 5.75 Å². The third-order valence-electron chi connectivity index (χ3n) is 3.24. The summed E-state index contributed by atoms with van der Waals surface area (Å²) in [4.78, 5) is 22.1. The summed E-state index contributed by atoms with van der Waals surface area (Å²) in [5.74, 6) is -0.462. The molecule has 1 N–H and O–H groups in total. The lowest BCUT2D eigenvalue weighted by Crippen LogP contribution is -2.25. The Labute approximate surface area is 139 Å². The van der Waals surface area contributed by atoms with Gasteiger partial charge < -0.3 is 4.74 Å². The zero-order valence-electron chi connectivity index (χ0n) is 13.4. The number of nitro benzene ring substituents is 1. The number of benzene rings is 2. The average Bonchev–Trinajstić information content (AvgIpc) is 2.58. The summed E-state index contributed by atoms with van der Waals surface area (Å²) >= 11 is 0. The minimum atomic E-state index is -0.563. The predicted octanol–water partition coefficient (Wildman–Crippen LogP) is 2.82. The van der Waals surface area contributed by atoms with Crippen LogP contribution >= 0.6 is 0 Å². The fourth-order valence-electron chi connectivity index (χ4n) is 1.91. The molecule has 0 bridgehead atoms. The van der Waals surface area contributed by atoms with Gasteiger partial charge in [-0.1, -0.05) is 42.0 Å². The van der Waals surface area contributed by atoms with Crippen LogP contribution in [0.5, 0.6) is 5.75 Å². The molecule has 0 radical (unpaired) electrons. The SMILES string of the molecule is C/C(=N/NC(=O)COc1ccccc1[N+](=O)[O-])c1ccc(C)cc1. The van der Waals surface area contributed by atoms with Gasteiger partial charge in [0.25, 0.3) is 5.91 Å². The number of hydrazone groups is 1. The van der Waals surface area contributed by atoms with Crippen molar-refractivity contribution < 1.29 is 14.5 Å². The first-order chi connectivity index (χ1) is 11.5. The molecule has 124 valence electrons. The van der Waals surface area contributed by atoms with E-state index in [4.69, 9.17) is 4.74 Å². The molecule has 2 rings (SSSR count). The first-order valence-electron chi connectivity index (χ1n) is 7.24. The zero-order chi connectivity index (χ0) is 17.5. The smallest absolute Gasteiger partial charge is 0.310 e. The summed E-state index contributed by atoms with van der Waals surface area (Å²) < 4.78 is 5.19. The van der Waals surface area contributed by atoms with Crippen LogP contribution in [0.4, 0.5) is 5.69 Å². The number of rotatable bonds is 6. The highest BCUT2D eigenvalue weighted by Gasteiger charge is 2.14. The van der Waals surface area contributed by atoms with E-state index in [2.05, 4.69) is 10.5 Å². The Kier molecular flexibility index (Phi) is 5.62. The number of carbonyl (C=O) groups is 1. The Bertz CT molecular complexity index is 770. The lowest BCUT2D eigenvalue weighted by molar-refractivity contribution is -0.385. The molecule has 0 saturated carbocycles. The summed E-state index contributed by atoms with van der Waals surface area (Å²) in [5, 5.41) is 14.9. The normalized spacial score (nSPS) is 11.0. The van der Waals surface area contributed by atoms with E-state index in [1.54, 1.807) is 13.0 Å². The fraction of sp³-hybridized carbons (Fsp3) is 0.176. The molecule has 0 spiro atoms. The van der Waals surface area contributed by atoms with Gasteiger partial charge in [0.2, 0.25) is 0 Å². The van der Waals surface area contributed by atoms with Gasteiger partial charge in [-0.3, -0.25) is 14.9 Å². The molecule has 0 aliphatic rings. The first kappa shape index (κ1) is 17.1. The van der Waals surface area contributed by atoms with Gasteiger partial charge in [-0.25, -0.2) is 5.43 Å². The lowest BCUT2D eigenvalue weighted by Gasteiger charge is -2.06. The monoisotopic (exact) mass is 327 g/mol. The van der Waals surface area contributed by atoms with Crippen molar-refractivity contribution in [1.82, 2.24) is 5.43 Å². The number of carbonyl (C=O) groups excluding carboxylic acids is 1. The molecule has 24 heavy (non-hydrogen) atoms. The van der Waals surface area contributed by atoms with Crippen molar-refractivity contribution in [3.05, 3.63) is 69.8 Å². The molecule has 0 unspecified atom stereocenters. The van der Waals surface area contributed by atoms with Gasteiger partial charge in [-0.05, 0) is 25.5 Å². The second kappa shape index (κ2) is 7.87. The standard InChI is InChI=1S/C17H17N3O4/c1-12-7-9-14(10-8-12)13(2)18-19-17(21)11-24-16-6-4-3-5-15(16)20(22)23/h3-10H,11H2,1-2H3,(H,19,21)/b18-13-. The van der Waals surface area contributed by atoms with Crippen LogP contribution in [0.1, 0.15) is 18.1 Å². The number of amides is 1. The molecule has 7 heteroatoms. The minimum absolute atomic E-state index is 0.0388. The van der Waals surface area contributed by atoms with Crippen LogP contribution in [0.25, 0.3) is 0 Å². The van der Waals surface area contributed by atoms with Crippen molar-refractivity contribution >= 4 is 17.3 Å². The second-order valence-electron chi connectivity index (χ2n) is 5.11. The summed E-state index contributed by atoms with van der Waals surface area (Å²) in [6.45, 7) is 3.39. The predicted molar refractivity (Wildman–Crippen MR) is 90.1 cm³/mol. The summed E-state index contributed by atoms with van der Waals surface area (Å²) in [7, 11) is 0. The van der Waals surface area contributed by atoms with E-state index in [0.717, 1.165) is 11.1 Å². The minimum Gasteiger partial charge on any atom is -0.477 e. The second-order valence-corrected chi connectivity index (χ2v) is 5.11. The molecule has 2 aromatic rings. The van der Waals surface area contributed by atoms with E-state index in [0.29, 0.717) is 5.71 Å². The van der Waals surface area contributed by atoms with Crippen LogP contribution in [-0.2, 0) is 4.79 Å². The van der Waals surface area contributed by atoms with Crippen molar-refractivity contribution in [3.63, 3.8) is 0 Å². The number of nitrogens with one attached hydrogen (secondary N) is 1. The maximum absolute atomic E-state index is 11.8. The number of aryl methyl sites for hydroxylation is 1. The Hall–Kier alpha value is -3.22. The summed E-state index contributed by atoms with van der Waals surface area (Å²) in [5.41, 5.74) is 4.85. The van der Waals surface area contributed by atoms with Crippen LogP contribution in [0.15, 0.2) is 53.6 Å². The van der Waals surface area contributed by atoms with E-state index in [9.17, 15) is 14.9 Å². The first-order valence-corrected chi connectivity index (χ1v) is 7.24. The van der Waals surface area contributed by atoms with Crippen molar-refractivity contribution in [2.45, 2.75) is 13.8 Å². The molecule has 0 aliphatic heterocycles. The van der Waals surface area contributed by atoms with Gasteiger partial charge in [-0.15, -0.1) is 0 Å². The summed E-state index contributed by atoms with van der Waals surface area (Å²) in [6.07, 6.45) is 0. The molecule has 0 fully saturated rings. The molecule has 7 nitrogen and oxygen atoms in total. The lowest BCUT2D eigenvalue weighted by atomic mass is 10.1. The molecule has 0 atom stereocenters. The Morgan fingerprint density at radius 1 is 1.21 bits per heavy atom.